The molecule has 0 spiro atoms. The summed E-state index contributed by atoms with van der Waals surface area (Å²) in [6, 6.07) is 16.1. The van der Waals surface area contributed by atoms with Gasteiger partial charge in [0.15, 0.2) is 11.5 Å². The molecule has 0 bridgehead atoms. The van der Waals surface area contributed by atoms with Crippen molar-refractivity contribution in [2.45, 2.75) is 12.5 Å². The van der Waals surface area contributed by atoms with E-state index in [-0.39, 0.29) is 24.4 Å². The van der Waals surface area contributed by atoms with Crippen molar-refractivity contribution in [1.29, 1.82) is 0 Å². The zero-order chi connectivity index (χ0) is 22.7. The first-order chi connectivity index (χ1) is 15.5. The van der Waals surface area contributed by atoms with Gasteiger partial charge in [-0.05, 0) is 78.2 Å². The van der Waals surface area contributed by atoms with Crippen LogP contribution in [0.2, 0.25) is 5.02 Å². The van der Waals surface area contributed by atoms with E-state index in [9.17, 15) is 9.18 Å². The van der Waals surface area contributed by atoms with Gasteiger partial charge in [-0.15, -0.1) is 0 Å². The summed E-state index contributed by atoms with van der Waals surface area (Å²) < 4.78 is 30.2. The van der Waals surface area contributed by atoms with E-state index in [0.29, 0.717) is 40.8 Å². The van der Waals surface area contributed by atoms with E-state index in [1.165, 1.54) is 12.1 Å². The number of methoxy groups -OCH3 is 2. The van der Waals surface area contributed by atoms with Gasteiger partial charge < -0.3 is 19.1 Å². The van der Waals surface area contributed by atoms with Crippen molar-refractivity contribution in [3.8, 4) is 17.2 Å². The molecule has 0 unspecified atom stereocenters. The Bertz CT molecular complexity index is 1100. The smallest absolute Gasteiger partial charge is 0.254 e. The van der Waals surface area contributed by atoms with Crippen molar-refractivity contribution in [3.63, 3.8) is 0 Å². The number of fused-ring (bicyclic) bond motifs is 1. The van der Waals surface area contributed by atoms with Crippen LogP contribution < -0.4 is 14.2 Å². The van der Waals surface area contributed by atoms with Crippen LogP contribution in [0.15, 0.2) is 60.7 Å². The summed E-state index contributed by atoms with van der Waals surface area (Å²) in [5, 5.41) is 0.568. The molecule has 1 aliphatic rings. The van der Waals surface area contributed by atoms with E-state index in [0.717, 1.165) is 11.1 Å². The second kappa shape index (κ2) is 9.49. The van der Waals surface area contributed by atoms with Gasteiger partial charge in [-0.2, -0.15) is 0 Å². The van der Waals surface area contributed by atoms with Crippen molar-refractivity contribution >= 4 is 17.5 Å². The fourth-order valence-electron chi connectivity index (χ4n) is 3.92. The SMILES string of the molecule is COc1cc2c(cc1OC)[C@H](COc1ccc(F)cc1)N(C(=O)c1ccc(Cl)cc1)CC2. The van der Waals surface area contributed by atoms with E-state index >= 15 is 0 Å². The molecule has 1 aliphatic heterocycles. The molecular formula is C25H23ClFNO4. The molecular weight excluding hydrogens is 433 g/mol. The first-order valence-electron chi connectivity index (χ1n) is 10.2. The van der Waals surface area contributed by atoms with Gasteiger partial charge >= 0.3 is 0 Å². The van der Waals surface area contributed by atoms with Crippen molar-refractivity contribution < 1.29 is 23.4 Å². The van der Waals surface area contributed by atoms with Crippen LogP contribution in [0.25, 0.3) is 0 Å². The quantitative estimate of drug-likeness (QED) is 0.505. The van der Waals surface area contributed by atoms with E-state index in [2.05, 4.69) is 0 Å². The zero-order valence-electron chi connectivity index (χ0n) is 17.8. The van der Waals surface area contributed by atoms with Crippen molar-refractivity contribution in [3.05, 3.63) is 88.2 Å². The van der Waals surface area contributed by atoms with Gasteiger partial charge in [-0.25, -0.2) is 4.39 Å². The normalized spacial score (nSPS) is 15.1. The summed E-state index contributed by atoms with van der Waals surface area (Å²) in [5.74, 6) is 1.30. The van der Waals surface area contributed by atoms with Crippen LogP contribution in [0.5, 0.6) is 17.2 Å². The molecule has 166 valence electrons. The molecule has 0 aliphatic carbocycles. The lowest BCUT2D eigenvalue weighted by atomic mass is 9.91. The standard InChI is InChI=1S/C25H23ClFNO4/c1-30-23-13-17-11-12-28(25(29)16-3-5-18(26)6-4-16)22(21(17)14-24(23)31-2)15-32-20-9-7-19(27)8-10-20/h3-10,13-14,22H,11-12,15H2,1-2H3/t22-/m0/s1. The second-order valence-corrected chi connectivity index (χ2v) is 7.88. The highest BCUT2D eigenvalue weighted by Gasteiger charge is 2.33. The third-order valence-electron chi connectivity index (χ3n) is 5.58. The first-order valence-corrected chi connectivity index (χ1v) is 10.6. The van der Waals surface area contributed by atoms with E-state index in [4.69, 9.17) is 25.8 Å². The van der Waals surface area contributed by atoms with Crippen LogP contribution in [0.1, 0.15) is 27.5 Å². The van der Waals surface area contributed by atoms with Crippen molar-refractivity contribution in [1.82, 2.24) is 4.90 Å². The minimum absolute atomic E-state index is 0.116. The lowest BCUT2D eigenvalue weighted by Gasteiger charge is -2.37. The predicted octanol–water partition coefficient (Wildman–Crippen LogP) is 5.31. The number of nitrogens with zero attached hydrogens (tertiary/aromatic N) is 1. The number of amides is 1. The van der Waals surface area contributed by atoms with Crippen LogP contribution in [0.4, 0.5) is 4.39 Å². The van der Waals surface area contributed by atoms with Crippen LogP contribution in [-0.2, 0) is 6.42 Å². The molecule has 4 rings (SSSR count). The average molecular weight is 456 g/mol. The summed E-state index contributed by atoms with van der Waals surface area (Å²) in [4.78, 5) is 15.2. The number of carbonyl (C=O) groups excluding carboxylic acids is 1. The van der Waals surface area contributed by atoms with Crippen LogP contribution >= 0.6 is 11.6 Å². The fraction of sp³-hybridized carbons (Fsp3) is 0.240. The summed E-state index contributed by atoms with van der Waals surface area (Å²) in [6.45, 7) is 0.717. The number of ether oxygens (including phenoxy) is 3. The summed E-state index contributed by atoms with van der Waals surface area (Å²) in [7, 11) is 3.17. The average Bonchev–Trinajstić information content (AvgIpc) is 2.82. The molecule has 1 heterocycles. The Morgan fingerprint density at radius 2 is 1.69 bits per heavy atom. The molecule has 3 aromatic rings. The van der Waals surface area contributed by atoms with Crippen LogP contribution in [-0.4, -0.2) is 38.2 Å². The third-order valence-corrected chi connectivity index (χ3v) is 5.83. The number of hydrogen-bond donors (Lipinski definition) is 0. The first kappa shape index (κ1) is 22.0. The highest BCUT2D eigenvalue weighted by molar-refractivity contribution is 6.30. The van der Waals surface area contributed by atoms with Gasteiger partial charge in [0.1, 0.15) is 18.2 Å². The highest BCUT2D eigenvalue weighted by atomic mass is 35.5. The van der Waals surface area contributed by atoms with Gasteiger partial charge in [0.2, 0.25) is 0 Å². The number of hydrogen-bond acceptors (Lipinski definition) is 4. The Labute approximate surface area is 191 Å². The maximum atomic E-state index is 13.4. The Kier molecular flexibility index (Phi) is 6.51. The molecule has 0 saturated carbocycles. The summed E-state index contributed by atoms with van der Waals surface area (Å²) >= 11 is 5.99. The Hall–Kier alpha value is -3.25. The van der Waals surface area contributed by atoms with E-state index in [1.807, 2.05) is 12.1 Å². The molecule has 1 amide bonds. The summed E-state index contributed by atoms with van der Waals surface area (Å²) in [5.41, 5.74) is 2.54. The van der Waals surface area contributed by atoms with Crippen molar-refractivity contribution in [2.75, 3.05) is 27.4 Å². The lowest BCUT2D eigenvalue weighted by molar-refractivity contribution is 0.0589. The van der Waals surface area contributed by atoms with Gasteiger partial charge in [-0.3, -0.25) is 4.79 Å². The van der Waals surface area contributed by atoms with Gasteiger partial charge in [0.25, 0.3) is 5.91 Å². The minimum Gasteiger partial charge on any atom is -0.493 e. The second-order valence-electron chi connectivity index (χ2n) is 7.44. The fourth-order valence-corrected chi connectivity index (χ4v) is 4.04. The highest BCUT2D eigenvalue weighted by Crippen LogP contribution is 2.39. The van der Waals surface area contributed by atoms with Crippen molar-refractivity contribution in [2.24, 2.45) is 0 Å². The number of carbonyl (C=O) groups is 1. The van der Waals surface area contributed by atoms with E-state index < -0.39 is 0 Å². The maximum Gasteiger partial charge on any atom is 0.254 e. The zero-order valence-corrected chi connectivity index (χ0v) is 18.6. The van der Waals surface area contributed by atoms with Gasteiger partial charge in [-0.1, -0.05) is 11.6 Å². The molecule has 0 aromatic heterocycles. The minimum atomic E-state index is -0.369. The van der Waals surface area contributed by atoms with Crippen LogP contribution in [0, 0.1) is 5.82 Å². The molecule has 7 heteroatoms. The number of halogens is 2. The molecule has 5 nitrogen and oxygen atoms in total. The summed E-state index contributed by atoms with van der Waals surface area (Å²) in [6.07, 6.45) is 0.669. The number of rotatable bonds is 6. The van der Waals surface area contributed by atoms with Crippen LogP contribution in [0.3, 0.4) is 0 Å². The molecule has 0 fully saturated rings. The molecule has 0 N–H and O–H groups in total. The topological polar surface area (TPSA) is 48.0 Å². The molecule has 0 radical (unpaired) electrons. The molecule has 32 heavy (non-hydrogen) atoms. The number of benzene rings is 3. The maximum absolute atomic E-state index is 13.4. The predicted molar refractivity (Wildman–Crippen MR) is 120 cm³/mol. The third kappa shape index (κ3) is 4.50. The molecule has 3 aromatic carbocycles. The molecule has 1 atom stereocenters. The van der Waals surface area contributed by atoms with E-state index in [1.54, 1.807) is 55.5 Å². The van der Waals surface area contributed by atoms with Gasteiger partial charge in [0.05, 0.1) is 20.3 Å². The Morgan fingerprint density at radius 3 is 2.34 bits per heavy atom. The largest absolute Gasteiger partial charge is 0.493 e. The lowest BCUT2D eigenvalue weighted by Crippen LogP contribution is -2.42. The Morgan fingerprint density at radius 1 is 1.03 bits per heavy atom. The van der Waals surface area contributed by atoms with Gasteiger partial charge in [0, 0.05) is 17.1 Å². The molecule has 0 saturated heterocycles. The monoisotopic (exact) mass is 455 g/mol. The Balaban J connectivity index is 1.69.